The average Bonchev–Trinajstić information content (AvgIpc) is 2.52. The molecule has 4 heteroatoms. The second-order valence-electron chi connectivity index (χ2n) is 4.67. The van der Waals surface area contributed by atoms with Gasteiger partial charge in [0.25, 0.3) is 0 Å². The standard InChI is InChI=1S/C16H18NOPS/c1-3-19(20,4-2)18-16(12-17)15-10-9-13-7-5-6-8-14(13)11-15/h5-11,16H,3-4H2,1-2H3. The van der Waals surface area contributed by atoms with E-state index in [1.165, 1.54) is 5.39 Å². The van der Waals surface area contributed by atoms with E-state index in [2.05, 4.69) is 12.1 Å². The summed E-state index contributed by atoms with van der Waals surface area (Å²) in [6.07, 6.45) is -0.785. The van der Waals surface area contributed by atoms with Crippen LogP contribution in [-0.4, -0.2) is 12.3 Å². The molecular formula is C16H18NOPS. The molecule has 2 rings (SSSR count). The van der Waals surface area contributed by atoms with E-state index in [-0.39, 0.29) is 0 Å². The Hall–Kier alpha value is -1.20. The average molecular weight is 303 g/mol. The minimum absolute atomic E-state index is 0.565. The molecule has 2 aromatic rings. The van der Waals surface area contributed by atoms with Crippen molar-refractivity contribution in [2.24, 2.45) is 0 Å². The molecule has 2 nitrogen and oxygen atoms in total. The van der Waals surface area contributed by atoms with Crippen molar-refractivity contribution in [3.63, 3.8) is 0 Å². The molecule has 20 heavy (non-hydrogen) atoms. The maximum atomic E-state index is 9.40. The van der Waals surface area contributed by atoms with Crippen LogP contribution in [0.25, 0.3) is 10.8 Å². The first-order valence-electron chi connectivity index (χ1n) is 6.76. The Kier molecular flexibility index (Phi) is 4.94. The molecular weight excluding hydrogens is 285 g/mol. The van der Waals surface area contributed by atoms with Gasteiger partial charge in [0.1, 0.15) is 0 Å². The van der Waals surface area contributed by atoms with Gasteiger partial charge in [-0.2, -0.15) is 5.26 Å². The van der Waals surface area contributed by atoms with Gasteiger partial charge < -0.3 is 4.52 Å². The number of nitrogens with zero attached hydrogens (tertiary/aromatic N) is 1. The van der Waals surface area contributed by atoms with E-state index in [0.717, 1.165) is 23.3 Å². The second-order valence-corrected chi connectivity index (χ2v) is 9.77. The molecule has 0 radical (unpaired) electrons. The number of hydrogen-bond acceptors (Lipinski definition) is 3. The predicted molar refractivity (Wildman–Crippen MR) is 88.8 cm³/mol. The van der Waals surface area contributed by atoms with Crippen LogP contribution >= 0.6 is 6.26 Å². The van der Waals surface area contributed by atoms with E-state index in [1.54, 1.807) is 0 Å². The Balaban J connectivity index is 2.35. The summed E-state index contributed by atoms with van der Waals surface area (Å²) >= 11 is 5.58. The third-order valence-electron chi connectivity index (χ3n) is 3.45. The van der Waals surface area contributed by atoms with Crippen molar-refractivity contribution in [3.8, 4) is 6.07 Å². The van der Waals surface area contributed by atoms with Gasteiger partial charge in [-0.05, 0) is 34.7 Å². The van der Waals surface area contributed by atoms with Gasteiger partial charge in [0.2, 0.25) is 0 Å². The van der Waals surface area contributed by atoms with E-state index in [9.17, 15) is 5.26 Å². The fourth-order valence-corrected chi connectivity index (χ4v) is 3.65. The lowest BCUT2D eigenvalue weighted by atomic mass is 10.0. The largest absolute Gasteiger partial charge is 0.328 e. The summed E-state index contributed by atoms with van der Waals surface area (Å²) in [5, 5.41) is 11.7. The molecule has 0 bridgehead atoms. The summed E-state index contributed by atoms with van der Waals surface area (Å²) in [4.78, 5) is 0. The van der Waals surface area contributed by atoms with Crippen molar-refractivity contribution >= 4 is 28.8 Å². The zero-order valence-electron chi connectivity index (χ0n) is 11.7. The first kappa shape index (κ1) is 15.2. The lowest BCUT2D eigenvalue weighted by Gasteiger charge is -2.22. The Bertz CT molecular complexity index is 684. The van der Waals surface area contributed by atoms with Crippen molar-refractivity contribution in [3.05, 3.63) is 48.0 Å². The van der Waals surface area contributed by atoms with Gasteiger partial charge in [0.15, 0.2) is 6.10 Å². The van der Waals surface area contributed by atoms with Gasteiger partial charge in [-0.25, -0.2) is 0 Å². The van der Waals surface area contributed by atoms with Crippen LogP contribution in [0.1, 0.15) is 25.5 Å². The molecule has 0 aliphatic heterocycles. The molecule has 2 aromatic carbocycles. The SMILES string of the molecule is CCP(=S)(CC)OC(C#N)c1ccc2ccccc2c1. The minimum atomic E-state index is -1.87. The van der Waals surface area contributed by atoms with Gasteiger partial charge in [-0.1, -0.05) is 62.1 Å². The zero-order valence-corrected chi connectivity index (χ0v) is 13.5. The van der Waals surface area contributed by atoms with Crippen LogP contribution < -0.4 is 0 Å². The summed E-state index contributed by atoms with van der Waals surface area (Å²) in [5.41, 5.74) is 0.891. The maximum absolute atomic E-state index is 9.40. The smallest absolute Gasteiger partial charge is 0.174 e. The van der Waals surface area contributed by atoms with Crippen LogP contribution in [0.15, 0.2) is 42.5 Å². The highest BCUT2D eigenvalue weighted by Gasteiger charge is 2.21. The summed E-state index contributed by atoms with van der Waals surface area (Å²) in [6.45, 7) is 4.08. The summed E-state index contributed by atoms with van der Waals surface area (Å²) in [7, 11) is 0. The zero-order chi connectivity index (χ0) is 14.6. The predicted octanol–water partition coefficient (Wildman–Crippen LogP) is 4.86. The first-order chi connectivity index (χ1) is 9.61. The topological polar surface area (TPSA) is 33.0 Å². The third kappa shape index (κ3) is 3.27. The number of nitriles is 1. The molecule has 0 fully saturated rings. The van der Waals surface area contributed by atoms with E-state index in [1.807, 2.05) is 50.2 Å². The molecule has 0 aromatic heterocycles. The number of benzene rings is 2. The fraction of sp³-hybridized carbons (Fsp3) is 0.312. The van der Waals surface area contributed by atoms with Crippen molar-refractivity contribution < 1.29 is 4.52 Å². The maximum Gasteiger partial charge on any atom is 0.174 e. The van der Waals surface area contributed by atoms with Gasteiger partial charge in [-0.3, -0.25) is 0 Å². The molecule has 0 saturated carbocycles. The number of rotatable bonds is 5. The third-order valence-corrected chi connectivity index (χ3v) is 7.78. The van der Waals surface area contributed by atoms with Gasteiger partial charge in [0.05, 0.1) is 12.3 Å². The quantitative estimate of drug-likeness (QED) is 0.740. The molecule has 0 heterocycles. The van der Waals surface area contributed by atoms with Crippen LogP contribution in [-0.2, 0) is 16.3 Å². The molecule has 0 N–H and O–H groups in total. The van der Waals surface area contributed by atoms with E-state index >= 15 is 0 Å². The van der Waals surface area contributed by atoms with Crippen molar-refractivity contribution in [1.82, 2.24) is 0 Å². The molecule has 0 aliphatic rings. The molecule has 0 spiro atoms. The summed E-state index contributed by atoms with van der Waals surface area (Å²) < 4.78 is 5.99. The van der Waals surface area contributed by atoms with Gasteiger partial charge in [-0.15, -0.1) is 0 Å². The molecule has 0 saturated heterocycles. The molecule has 1 atom stereocenters. The van der Waals surface area contributed by atoms with E-state index in [4.69, 9.17) is 16.3 Å². The van der Waals surface area contributed by atoms with Crippen LogP contribution in [0, 0.1) is 11.3 Å². The molecule has 104 valence electrons. The second kappa shape index (κ2) is 6.50. The Morgan fingerprint density at radius 3 is 2.40 bits per heavy atom. The number of fused-ring (bicyclic) bond motifs is 1. The highest BCUT2D eigenvalue weighted by molar-refractivity contribution is 8.12. The van der Waals surface area contributed by atoms with Gasteiger partial charge in [0, 0.05) is 0 Å². The Morgan fingerprint density at radius 1 is 1.15 bits per heavy atom. The highest BCUT2D eigenvalue weighted by Crippen LogP contribution is 2.50. The minimum Gasteiger partial charge on any atom is -0.328 e. The lowest BCUT2D eigenvalue weighted by molar-refractivity contribution is 0.292. The summed E-state index contributed by atoms with van der Waals surface area (Å²) in [6, 6.07) is 16.4. The van der Waals surface area contributed by atoms with Crippen LogP contribution in [0.3, 0.4) is 0 Å². The molecule has 0 amide bonds. The summed E-state index contributed by atoms with van der Waals surface area (Å²) in [5.74, 6) is 0. The Morgan fingerprint density at radius 2 is 1.80 bits per heavy atom. The van der Waals surface area contributed by atoms with E-state index in [0.29, 0.717) is 0 Å². The van der Waals surface area contributed by atoms with E-state index < -0.39 is 12.4 Å². The highest BCUT2D eigenvalue weighted by atomic mass is 32.4. The monoisotopic (exact) mass is 303 g/mol. The molecule has 0 aliphatic carbocycles. The Labute approximate surface area is 125 Å². The lowest BCUT2D eigenvalue weighted by Crippen LogP contribution is -2.03. The van der Waals surface area contributed by atoms with Crippen molar-refractivity contribution in [1.29, 1.82) is 5.26 Å². The first-order valence-corrected chi connectivity index (χ1v) is 9.85. The van der Waals surface area contributed by atoms with Crippen molar-refractivity contribution in [2.45, 2.75) is 20.0 Å². The van der Waals surface area contributed by atoms with Gasteiger partial charge >= 0.3 is 0 Å². The fourth-order valence-electron chi connectivity index (χ4n) is 2.09. The molecule has 1 unspecified atom stereocenters. The normalized spacial score (nSPS) is 13.1. The van der Waals surface area contributed by atoms with Crippen LogP contribution in [0.4, 0.5) is 0 Å². The van der Waals surface area contributed by atoms with Crippen LogP contribution in [0.2, 0.25) is 0 Å². The van der Waals surface area contributed by atoms with Crippen molar-refractivity contribution in [2.75, 3.05) is 12.3 Å². The number of hydrogen-bond donors (Lipinski definition) is 0. The van der Waals surface area contributed by atoms with Crippen LogP contribution in [0.5, 0.6) is 0 Å².